The molecule has 0 saturated carbocycles. The van der Waals surface area contributed by atoms with Gasteiger partial charge >= 0.3 is 5.76 Å². The van der Waals surface area contributed by atoms with Crippen LogP contribution in [0.15, 0.2) is 41.6 Å². The minimum Gasteiger partial charge on any atom is -0.384 e. The Balaban J connectivity index is 2.13. The Bertz CT molecular complexity index is 714. The van der Waals surface area contributed by atoms with Crippen LogP contribution < -0.4 is 5.32 Å². The minimum absolute atomic E-state index is 0.173. The van der Waals surface area contributed by atoms with Crippen LogP contribution in [0.1, 0.15) is 5.82 Å². The van der Waals surface area contributed by atoms with Crippen molar-refractivity contribution in [3.63, 3.8) is 0 Å². The highest BCUT2D eigenvalue weighted by molar-refractivity contribution is 7.91. The molecule has 1 aromatic carbocycles. The number of rotatable bonds is 6. The molecule has 0 atom stereocenters. The van der Waals surface area contributed by atoms with E-state index in [0.29, 0.717) is 13.0 Å². The highest BCUT2D eigenvalue weighted by Gasteiger charge is 2.28. The van der Waals surface area contributed by atoms with Crippen molar-refractivity contribution in [3.05, 3.63) is 42.5 Å². The lowest BCUT2D eigenvalue weighted by Gasteiger charge is -2.12. The normalized spacial score (nSPS) is 11.8. The number of aryl methyl sites for hydroxylation is 1. The van der Waals surface area contributed by atoms with Gasteiger partial charge < -0.3 is 9.88 Å². The molecule has 0 radical (unpaired) electrons. The zero-order chi connectivity index (χ0) is 15.5. The fourth-order valence-corrected chi connectivity index (χ4v) is 2.81. The number of imidazole rings is 1. The van der Waals surface area contributed by atoms with Crippen LogP contribution >= 0.6 is 0 Å². The maximum absolute atomic E-state index is 12.6. The first-order valence-electron chi connectivity index (χ1n) is 6.24. The molecule has 0 aliphatic carbocycles. The van der Waals surface area contributed by atoms with Crippen LogP contribution in [0.25, 0.3) is 0 Å². The fourth-order valence-electron chi connectivity index (χ4n) is 1.90. The van der Waals surface area contributed by atoms with Crippen molar-refractivity contribution in [1.29, 1.82) is 0 Å². The van der Waals surface area contributed by atoms with Crippen molar-refractivity contribution in [2.75, 3.05) is 11.9 Å². The zero-order valence-electron chi connectivity index (χ0n) is 11.3. The van der Waals surface area contributed by atoms with Crippen molar-refractivity contribution < 1.29 is 17.2 Å². The molecule has 0 unspecified atom stereocenters. The van der Waals surface area contributed by atoms with Gasteiger partial charge in [-0.3, -0.25) is 0 Å². The Morgan fingerprint density at radius 1 is 1.33 bits per heavy atom. The van der Waals surface area contributed by atoms with Gasteiger partial charge in [-0.05, 0) is 12.1 Å². The molecule has 1 heterocycles. The molecule has 0 saturated heterocycles. The first-order valence-corrected chi connectivity index (χ1v) is 7.78. The lowest BCUT2D eigenvalue weighted by molar-refractivity contribution is 0.235. The molecule has 5 nitrogen and oxygen atoms in total. The first-order chi connectivity index (χ1) is 9.93. The summed E-state index contributed by atoms with van der Waals surface area (Å²) in [6.07, 6.45) is 4.00. The molecule has 1 aromatic heterocycles. The van der Waals surface area contributed by atoms with E-state index in [0.717, 1.165) is 5.82 Å². The molecule has 0 fully saturated rings. The number of sulfone groups is 1. The highest BCUT2D eigenvalue weighted by Crippen LogP contribution is 2.25. The Hall–Kier alpha value is -1.96. The summed E-state index contributed by atoms with van der Waals surface area (Å²) in [6.45, 7) is 0.390. The van der Waals surface area contributed by atoms with E-state index in [9.17, 15) is 17.2 Å². The lowest BCUT2D eigenvalue weighted by Crippen LogP contribution is -2.15. The number of hydrogen-bond donors (Lipinski definition) is 1. The number of hydrogen-bond acceptors (Lipinski definition) is 4. The molecular formula is C13H15F2N3O2S. The third-order valence-electron chi connectivity index (χ3n) is 3.01. The van der Waals surface area contributed by atoms with Crippen molar-refractivity contribution in [1.82, 2.24) is 9.55 Å². The molecule has 0 aliphatic rings. The van der Waals surface area contributed by atoms with E-state index < -0.39 is 15.6 Å². The molecule has 2 aromatic rings. The molecule has 8 heteroatoms. The summed E-state index contributed by atoms with van der Waals surface area (Å²) in [7, 11) is -2.77. The highest BCUT2D eigenvalue weighted by atomic mass is 32.2. The van der Waals surface area contributed by atoms with Crippen molar-refractivity contribution in [3.8, 4) is 0 Å². The quantitative estimate of drug-likeness (QED) is 0.886. The van der Waals surface area contributed by atoms with Crippen LogP contribution in [-0.2, 0) is 23.3 Å². The number of anilines is 1. The number of aromatic nitrogens is 2. The van der Waals surface area contributed by atoms with Crippen molar-refractivity contribution in [2.45, 2.75) is 17.1 Å². The summed E-state index contributed by atoms with van der Waals surface area (Å²) < 4.78 is 50.3. The Morgan fingerprint density at radius 3 is 2.67 bits per heavy atom. The monoisotopic (exact) mass is 315 g/mol. The molecule has 0 amide bonds. The van der Waals surface area contributed by atoms with E-state index in [1.54, 1.807) is 18.5 Å². The standard InChI is InChI=1S/C13H15F2N3O2S/c1-18-9-8-17-12(18)6-7-16-10-4-2-3-5-11(10)21(19,20)13(14)15/h2-5,8-9,13,16H,6-7H2,1H3. The topological polar surface area (TPSA) is 64.0 Å². The predicted octanol–water partition coefficient (Wildman–Crippen LogP) is 2.07. The van der Waals surface area contributed by atoms with Gasteiger partial charge in [0.15, 0.2) is 0 Å². The molecule has 2 rings (SSSR count). The van der Waals surface area contributed by atoms with E-state index in [2.05, 4.69) is 10.3 Å². The zero-order valence-corrected chi connectivity index (χ0v) is 12.1. The third-order valence-corrected chi connectivity index (χ3v) is 4.45. The summed E-state index contributed by atoms with van der Waals surface area (Å²) in [5.41, 5.74) is 0.173. The molecule has 1 N–H and O–H groups in total. The smallest absolute Gasteiger partial charge is 0.341 e. The van der Waals surface area contributed by atoms with Crippen LogP contribution in [0.3, 0.4) is 0 Å². The summed E-state index contributed by atoms with van der Waals surface area (Å²) in [5, 5.41) is 2.87. The number of alkyl halides is 2. The minimum atomic E-state index is -4.62. The van der Waals surface area contributed by atoms with Gasteiger partial charge in [-0.2, -0.15) is 8.78 Å². The van der Waals surface area contributed by atoms with Gasteiger partial charge in [0, 0.05) is 32.4 Å². The molecule has 0 spiro atoms. The largest absolute Gasteiger partial charge is 0.384 e. The maximum Gasteiger partial charge on any atom is 0.341 e. The number of para-hydroxylation sites is 1. The van der Waals surface area contributed by atoms with Gasteiger partial charge in [0.2, 0.25) is 9.84 Å². The van der Waals surface area contributed by atoms with Gasteiger partial charge in [-0.15, -0.1) is 0 Å². The van der Waals surface area contributed by atoms with E-state index in [1.807, 2.05) is 11.6 Å². The van der Waals surface area contributed by atoms with Crippen LogP contribution in [0.5, 0.6) is 0 Å². The van der Waals surface area contributed by atoms with Gasteiger partial charge in [0.05, 0.1) is 10.6 Å². The predicted molar refractivity (Wildman–Crippen MR) is 75.0 cm³/mol. The molecule has 114 valence electrons. The van der Waals surface area contributed by atoms with E-state index in [1.165, 1.54) is 18.2 Å². The van der Waals surface area contributed by atoms with Crippen LogP contribution in [0.4, 0.5) is 14.5 Å². The fraction of sp³-hybridized carbons (Fsp3) is 0.308. The second kappa shape index (κ2) is 6.21. The summed E-state index contributed by atoms with van der Waals surface area (Å²) >= 11 is 0. The van der Waals surface area contributed by atoms with Gasteiger partial charge in [0.25, 0.3) is 0 Å². The van der Waals surface area contributed by atoms with Gasteiger partial charge in [0.1, 0.15) is 5.82 Å². The van der Waals surface area contributed by atoms with Crippen molar-refractivity contribution >= 4 is 15.5 Å². The molecule has 21 heavy (non-hydrogen) atoms. The van der Waals surface area contributed by atoms with Gasteiger partial charge in [-0.25, -0.2) is 13.4 Å². The SMILES string of the molecule is Cn1ccnc1CCNc1ccccc1S(=O)(=O)C(F)F. The number of halogens is 2. The molecular weight excluding hydrogens is 300 g/mol. The van der Waals surface area contributed by atoms with Crippen LogP contribution in [0, 0.1) is 0 Å². The summed E-state index contributed by atoms with van der Waals surface area (Å²) in [5.74, 6) is -2.62. The second-order valence-corrected chi connectivity index (χ2v) is 6.32. The Morgan fingerprint density at radius 2 is 2.05 bits per heavy atom. The average Bonchev–Trinajstić information content (AvgIpc) is 2.85. The second-order valence-electron chi connectivity index (χ2n) is 4.43. The van der Waals surface area contributed by atoms with Gasteiger partial charge in [-0.1, -0.05) is 12.1 Å². The summed E-state index contributed by atoms with van der Waals surface area (Å²) in [6, 6.07) is 5.64. The van der Waals surface area contributed by atoms with Crippen LogP contribution in [-0.4, -0.2) is 30.3 Å². The first kappa shape index (κ1) is 15.4. The number of nitrogens with one attached hydrogen (secondary N) is 1. The van der Waals surface area contributed by atoms with E-state index in [4.69, 9.17) is 0 Å². The lowest BCUT2D eigenvalue weighted by atomic mass is 10.3. The number of nitrogens with zero attached hydrogens (tertiary/aromatic N) is 2. The summed E-state index contributed by atoms with van der Waals surface area (Å²) in [4.78, 5) is 3.74. The van der Waals surface area contributed by atoms with Crippen LogP contribution in [0.2, 0.25) is 0 Å². The van der Waals surface area contributed by atoms with E-state index >= 15 is 0 Å². The molecule has 0 bridgehead atoms. The Kier molecular flexibility index (Phi) is 4.56. The number of benzene rings is 1. The van der Waals surface area contributed by atoms with Crippen molar-refractivity contribution in [2.24, 2.45) is 7.05 Å². The average molecular weight is 315 g/mol. The third kappa shape index (κ3) is 3.38. The van der Waals surface area contributed by atoms with E-state index in [-0.39, 0.29) is 10.6 Å². The Labute approximate surface area is 121 Å². The maximum atomic E-state index is 12.6. The molecule has 0 aliphatic heterocycles.